The fourth-order valence-corrected chi connectivity index (χ4v) is 1.90. The van der Waals surface area contributed by atoms with Gasteiger partial charge in [-0.1, -0.05) is 29.8 Å². The van der Waals surface area contributed by atoms with Gasteiger partial charge in [-0.2, -0.15) is 0 Å². The maximum absolute atomic E-state index is 5.33. The first-order valence-corrected chi connectivity index (χ1v) is 5.43. The summed E-state index contributed by atoms with van der Waals surface area (Å²) in [4.78, 5) is 0. The lowest BCUT2D eigenvalue weighted by molar-refractivity contribution is 0.414. The van der Waals surface area contributed by atoms with E-state index >= 15 is 0 Å². The molecular formula is C13H17NO. The molecule has 0 amide bonds. The van der Waals surface area contributed by atoms with Crippen LogP contribution in [0, 0.1) is 0 Å². The molecule has 1 N–H and O–H groups in total. The average Bonchev–Trinajstić information content (AvgIpc) is 2.31. The molecule has 1 heterocycles. The van der Waals surface area contributed by atoms with Crippen molar-refractivity contribution in [2.24, 2.45) is 0 Å². The molecule has 0 aromatic heterocycles. The van der Waals surface area contributed by atoms with E-state index in [0.29, 0.717) is 0 Å². The molecule has 1 saturated heterocycles. The molecule has 0 unspecified atom stereocenters. The van der Waals surface area contributed by atoms with Crippen LogP contribution in [0.2, 0.25) is 0 Å². The molecule has 15 heavy (non-hydrogen) atoms. The number of nitrogens with one attached hydrogen (secondary N) is 1. The number of hydrogen-bond donors (Lipinski definition) is 1. The van der Waals surface area contributed by atoms with Crippen molar-refractivity contribution in [1.82, 2.24) is 5.32 Å². The molecule has 1 aromatic rings. The van der Waals surface area contributed by atoms with Gasteiger partial charge >= 0.3 is 0 Å². The summed E-state index contributed by atoms with van der Waals surface area (Å²) >= 11 is 0. The van der Waals surface area contributed by atoms with Crippen LogP contribution in [-0.4, -0.2) is 20.2 Å². The molecular weight excluding hydrogens is 186 g/mol. The molecule has 1 aliphatic heterocycles. The summed E-state index contributed by atoms with van der Waals surface area (Å²) in [7, 11) is 1.72. The second-order valence-electron chi connectivity index (χ2n) is 3.79. The van der Waals surface area contributed by atoms with Gasteiger partial charge in [0.05, 0.1) is 7.11 Å². The molecule has 2 heteroatoms. The molecule has 0 saturated carbocycles. The van der Waals surface area contributed by atoms with Gasteiger partial charge in [0.1, 0.15) is 5.75 Å². The van der Waals surface area contributed by atoms with Crippen molar-refractivity contribution in [3.63, 3.8) is 0 Å². The standard InChI is InChI=1S/C13H17NO/c1-15-13-5-3-2-4-12(13)10-11-6-8-14-9-7-11/h2-5,10,14H,6-9H2,1H3. The van der Waals surface area contributed by atoms with Gasteiger partial charge < -0.3 is 10.1 Å². The highest BCUT2D eigenvalue weighted by atomic mass is 16.5. The highest BCUT2D eigenvalue weighted by Crippen LogP contribution is 2.23. The first kappa shape index (κ1) is 10.2. The Morgan fingerprint density at radius 3 is 2.67 bits per heavy atom. The van der Waals surface area contributed by atoms with E-state index < -0.39 is 0 Å². The summed E-state index contributed by atoms with van der Waals surface area (Å²) < 4.78 is 5.33. The van der Waals surface area contributed by atoms with E-state index in [2.05, 4.69) is 23.5 Å². The topological polar surface area (TPSA) is 21.3 Å². The van der Waals surface area contributed by atoms with Gasteiger partial charge in [0, 0.05) is 5.56 Å². The Bertz CT molecular complexity index is 349. The van der Waals surface area contributed by atoms with Crippen LogP contribution in [-0.2, 0) is 0 Å². The van der Waals surface area contributed by atoms with E-state index in [4.69, 9.17) is 4.74 Å². The number of methoxy groups -OCH3 is 1. The minimum absolute atomic E-state index is 0.962. The highest BCUT2D eigenvalue weighted by Gasteiger charge is 2.05. The SMILES string of the molecule is COc1ccccc1C=C1CCNCC1. The van der Waals surface area contributed by atoms with Gasteiger partial charge in [0.25, 0.3) is 0 Å². The normalized spacial score (nSPS) is 16.2. The van der Waals surface area contributed by atoms with Crippen LogP contribution in [0.5, 0.6) is 5.75 Å². The van der Waals surface area contributed by atoms with Crippen molar-refractivity contribution in [3.8, 4) is 5.75 Å². The molecule has 2 rings (SSSR count). The Hall–Kier alpha value is -1.28. The lowest BCUT2D eigenvalue weighted by atomic mass is 10.0. The van der Waals surface area contributed by atoms with Crippen molar-refractivity contribution < 1.29 is 4.74 Å². The van der Waals surface area contributed by atoms with E-state index in [-0.39, 0.29) is 0 Å². The van der Waals surface area contributed by atoms with Crippen LogP contribution < -0.4 is 10.1 Å². The predicted molar refractivity (Wildman–Crippen MR) is 63.1 cm³/mol. The first-order chi connectivity index (χ1) is 7.40. The van der Waals surface area contributed by atoms with Crippen LogP contribution in [0.4, 0.5) is 0 Å². The van der Waals surface area contributed by atoms with Crippen molar-refractivity contribution >= 4 is 6.08 Å². The van der Waals surface area contributed by atoms with Crippen molar-refractivity contribution in [3.05, 3.63) is 35.4 Å². The zero-order valence-corrected chi connectivity index (χ0v) is 9.12. The third-order valence-corrected chi connectivity index (χ3v) is 2.74. The summed E-state index contributed by atoms with van der Waals surface area (Å²) in [5, 5.41) is 3.36. The summed E-state index contributed by atoms with van der Waals surface area (Å²) in [6.07, 6.45) is 4.57. The number of benzene rings is 1. The molecule has 0 aliphatic carbocycles. The van der Waals surface area contributed by atoms with Crippen LogP contribution in [0.1, 0.15) is 18.4 Å². The first-order valence-electron chi connectivity index (χ1n) is 5.43. The van der Waals surface area contributed by atoms with Crippen LogP contribution >= 0.6 is 0 Å². The van der Waals surface area contributed by atoms with Crippen LogP contribution in [0.15, 0.2) is 29.8 Å². The van der Waals surface area contributed by atoms with Gasteiger partial charge in [-0.15, -0.1) is 0 Å². The Kier molecular flexibility index (Phi) is 3.41. The zero-order valence-electron chi connectivity index (χ0n) is 9.12. The predicted octanol–water partition coefficient (Wildman–Crippen LogP) is 2.46. The number of piperidine rings is 1. The fourth-order valence-electron chi connectivity index (χ4n) is 1.90. The lowest BCUT2D eigenvalue weighted by Crippen LogP contribution is -2.22. The summed E-state index contributed by atoms with van der Waals surface area (Å²) in [5.74, 6) is 0.962. The number of rotatable bonds is 2. The van der Waals surface area contributed by atoms with E-state index in [0.717, 1.165) is 31.7 Å². The van der Waals surface area contributed by atoms with Gasteiger partial charge in [-0.25, -0.2) is 0 Å². The lowest BCUT2D eigenvalue weighted by Gasteiger charge is -2.15. The third kappa shape index (κ3) is 2.60. The van der Waals surface area contributed by atoms with Gasteiger partial charge in [-0.05, 0) is 32.0 Å². The second-order valence-corrected chi connectivity index (χ2v) is 3.79. The number of ether oxygens (including phenoxy) is 1. The number of para-hydroxylation sites is 1. The smallest absolute Gasteiger partial charge is 0.126 e. The van der Waals surface area contributed by atoms with Crippen molar-refractivity contribution in [2.75, 3.05) is 20.2 Å². The Morgan fingerprint density at radius 2 is 1.93 bits per heavy atom. The largest absolute Gasteiger partial charge is 0.496 e. The van der Waals surface area contributed by atoms with E-state index in [1.165, 1.54) is 11.1 Å². The average molecular weight is 203 g/mol. The van der Waals surface area contributed by atoms with E-state index in [9.17, 15) is 0 Å². The molecule has 0 bridgehead atoms. The highest BCUT2D eigenvalue weighted by molar-refractivity contribution is 5.59. The minimum atomic E-state index is 0.962. The van der Waals surface area contributed by atoms with Crippen LogP contribution in [0.25, 0.3) is 6.08 Å². The maximum Gasteiger partial charge on any atom is 0.126 e. The monoisotopic (exact) mass is 203 g/mol. The third-order valence-electron chi connectivity index (χ3n) is 2.74. The van der Waals surface area contributed by atoms with Crippen LogP contribution in [0.3, 0.4) is 0 Å². The van der Waals surface area contributed by atoms with E-state index in [1.807, 2.05) is 12.1 Å². The van der Waals surface area contributed by atoms with Crippen molar-refractivity contribution in [1.29, 1.82) is 0 Å². The molecule has 1 aromatic carbocycles. The molecule has 80 valence electrons. The Morgan fingerprint density at radius 1 is 1.20 bits per heavy atom. The molecule has 0 spiro atoms. The Balaban J connectivity index is 2.21. The van der Waals surface area contributed by atoms with E-state index in [1.54, 1.807) is 7.11 Å². The zero-order chi connectivity index (χ0) is 10.5. The molecule has 1 aliphatic rings. The quantitative estimate of drug-likeness (QED) is 0.797. The molecule has 2 nitrogen and oxygen atoms in total. The fraction of sp³-hybridized carbons (Fsp3) is 0.385. The van der Waals surface area contributed by atoms with Gasteiger partial charge in [0.2, 0.25) is 0 Å². The minimum Gasteiger partial charge on any atom is -0.496 e. The summed E-state index contributed by atoms with van der Waals surface area (Å²) in [5.41, 5.74) is 2.70. The summed E-state index contributed by atoms with van der Waals surface area (Å²) in [6.45, 7) is 2.20. The Labute approximate surface area is 91.0 Å². The van der Waals surface area contributed by atoms with Crippen molar-refractivity contribution in [2.45, 2.75) is 12.8 Å². The molecule has 0 radical (unpaired) electrons. The van der Waals surface area contributed by atoms with Gasteiger partial charge in [0.15, 0.2) is 0 Å². The molecule has 0 atom stereocenters. The molecule has 1 fully saturated rings. The second kappa shape index (κ2) is 4.99. The number of hydrogen-bond acceptors (Lipinski definition) is 2. The maximum atomic E-state index is 5.33. The summed E-state index contributed by atoms with van der Waals surface area (Å²) in [6, 6.07) is 8.17. The van der Waals surface area contributed by atoms with Gasteiger partial charge in [-0.3, -0.25) is 0 Å².